The van der Waals surface area contributed by atoms with E-state index >= 15 is 0 Å². The zero-order valence-electron chi connectivity index (χ0n) is 15.0. The molecular weight excluding hydrogens is 308 g/mol. The van der Waals surface area contributed by atoms with E-state index in [9.17, 15) is 4.79 Å². The van der Waals surface area contributed by atoms with E-state index in [1.165, 1.54) is 27.5 Å². The van der Waals surface area contributed by atoms with Crippen LogP contribution in [0.15, 0.2) is 60.7 Å². The lowest BCUT2D eigenvalue weighted by molar-refractivity contribution is -0.115. The summed E-state index contributed by atoms with van der Waals surface area (Å²) in [6.07, 6.45) is 0. The molecule has 0 saturated heterocycles. The Morgan fingerprint density at radius 1 is 0.960 bits per heavy atom. The average Bonchev–Trinajstić information content (AvgIpc) is 2.62. The van der Waals surface area contributed by atoms with Crippen molar-refractivity contribution < 1.29 is 4.79 Å². The lowest BCUT2D eigenvalue weighted by Crippen LogP contribution is -2.30. The molecule has 0 fully saturated rings. The summed E-state index contributed by atoms with van der Waals surface area (Å²) < 4.78 is 0. The topological polar surface area (TPSA) is 41.1 Å². The maximum atomic E-state index is 12.2. The van der Waals surface area contributed by atoms with E-state index in [1.54, 1.807) is 0 Å². The molecule has 3 rings (SSSR count). The van der Waals surface area contributed by atoms with Gasteiger partial charge < -0.3 is 10.6 Å². The first-order valence-electron chi connectivity index (χ1n) is 8.63. The maximum Gasteiger partial charge on any atom is 0.238 e. The number of amides is 1. The molecule has 3 aromatic rings. The number of benzene rings is 3. The molecular formula is C22H24N2O. The molecule has 0 aliphatic heterocycles. The molecule has 2 N–H and O–H groups in total. The van der Waals surface area contributed by atoms with Gasteiger partial charge in [0.05, 0.1) is 6.54 Å². The fourth-order valence-electron chi connectivity index (χ4n) is 3.01. The second-order valence-electron chi connectivity index (χ2n) is 6.52. The summed E-state index contributed by atoms with van der Waals surface area (Å²) in [6.45, 7) is 6.47. The number of carbonyl (C=O) groups is 1. The van der Waals surface area contributed by atoms with Crippen LogP contribution in [-0.2, 0) is 4.79 Å². The third-order valence-corrected chi connectivity index (χ3v) is 4.65. The molecule has 3 nitrogen and oxygen atoms in total. The summed E-state index contributed by atoms with van der Waals surface area (Å²) in [7, 11) is 0. The molecule has 0 spiro atoms. The molecule has 0 aromatic heterocycles. The molecule has 0 bridgehead atoms. The third kappa shape index (κ3) is 4.06. The van der Waals surface area contributed by atoms with Crippen molar-refractivity contribution in [3.8, 4) is 0 Å². The lowest BCUT2D eigenvalue weighted by Gasteiger charge is -2.16. The van der Waals surface area contributed by atoms with Crippen LogP contribution in [0.1, 0.15) is 29.7 Å². The van der Waals surface area contributed by atoms with Crippen molar-refractivity contribution in [1.29, 1.82) is 0 Å². The fraction of sp³-hybridized carbons (Fsp3) is 0.227. The first kappa shape index (κ1) is 17.2. The quantitative estimate of drug-likeness (QED) is 0.708. The van der Waals surface area contributed by atoms with Crippen molar-refractivity contribution >= 4 is 22.4 Å². The Kier molecular flexibility index (Phi) is 5.15. The number of aryl methyl sites for hydroxylation is 2. The van der Waals surface area contributed by atoms with Crippen molar-refractivity contribution in [1.82, 2.24) is 5.32 Å². The van der Waals surface area contributed by atoms with Crippen molar-refractivity contribution in [3.63, 3.8) is 0 Å². The van der Waals surface area contributed by atoms with Crippen molar-refractivity contribution in [2.45, 2.75) is 26.8 Å². The molecule has 0 aliphatic carbocycles. The number of carbonyl (C=O) groups excluding carboxylic acids is 1. The van der Waals surface area contributed by atoms with Crippen LogP contribution in [0.25, 0.3) is 10.8 Å². The van der Waals surface area contributed by atoms with Crippen LogP contribution in [0.5, 0.6) is 0 Å². The Bertz CT molecular complexity index is 896. The van der Waals surface area contributed by atoms with Crippen LogP contribution in [0.3, 0.4) is 0 Å². The zero-order valence-corrected chi connectivity index (χ0v) is 15.0. The molecule has 0 saturated carbocycles. The predicted molar refractivity (Wildman–Crippen MR) is 105 cm³/mol. The molecule has 1 atom stereocenters. The Morgan fingerprint density at radius 2 is 1.72 bits per heavy atom. The summed E-state index contributed by atoms with van der Waals surface area (Å²) in [5.74, 6) is -0.0321. The van der Waals surface area contributed by atoms with Gasteiger partial charge >= 0.3 is 0 Å². The van der Waals surface area contributed by atoms with E-state index in [2.05, 4.69) is 54.8 Å². The fourth-order valence-corrected chi connectivity index (χ4v) is 3.01. The van der Waals surface area contributed by atoms with Gasteiger partial charge in [0.15, 0.2) is 0 Å². The van der Waals surface area contributed by atoms with Crippen molar-refractivity contribution in [2.75, 3.05) is 11.9 Å². The van der Waals surface area contributed by atoms with Gasteiger partial charge in [0.2, 0.25) is 5.91 Å². The normalized spacial score (nSPS) is 12.1. The van der Waals surface area contributed by atoms with Crippen LogP contribution in [-0.4, -0.2) is 12.5 Å². The molecule has 3 aromatic carbocycles. The molecule has 0 aliphatic rings. The molecule has 0 radical (unpaired) electrons. The first-order chi connectivity index (χ1) is 12.0. The molecule has 0 heterocycles. The molecule has 0 unspecified atom stereocenters. The van der Waals surface area contributed by atoms with Gasteiger partial charge in [0, 0.05) is 11.7 Å². The van der Waals surface area contributed by atoms with Gasteiger partial charge in [0.1, 0.15) is 0 Å². The second kappa shape index (κ2) is 7.49. The highest BCUT2D eigenvalue weighted by atomic mass is 16.1. The number of fused-ring (bicyclic) bond motifs is 1. The monoisotopic (exact) mass is 332 g/mol. The van der Waals surface area contributed by atoms with Gasteiger partial charge in [-0.2, -0.15) is 0 Å². The minimum absolute atomic E-state index is 0.0321. The highest BCUT2D eigenvalue weighted by Gasteiger charge is 2.11. The van der Waals surface area contributed by atoms with E-state index < -0.39 is 0 Å². The van der Waals surface area contributed by atoms with Crippen LogP contribution >= 0.6 is 0 Å². The van der Waals surface area contributed by atoms with Gasteiger partial charge in [-0.05, 0) is 60.4 Å². The number of anilines is 1. The molecule has 3 heteroatoms. The van der Waals surface area contributed by atoms with E-state index in [-0.39, 0.29) is 18.5 Å². The van der Waals surface area contributed by atoms with Crippen LogP contribution < -0.4 is 10.6 Å². The van der Waals surface area contributed by atoms with Gasteiger partial charge in [-0.3, -0.25) is 4.79 Å². The standard InChI is InChI=1S/C22H24N2O/c1-15-11-12-19(13-16(15)2)24-22(25)14-23-17(3)20-10-6-8-18-7-4-5-9-21(18)20/h4-13,17,23H,14H2,1-3H3,(H,24,25)/t17-/m1/s1. The van der Waals surface area contributed by atoms with Crippen LogP contribution in [0, 0.1) is 13.8 Å². The summed E-state index contributed by atoms with van der Waals surface area (Å²) in [5.41, 5.74) is 4.44. The van der Waals surface area contributed by atoms with Gasteiger partial charge in [-0.15, -0.1) is 0 Å². The second-order valence-corrected chi connectivity index (χ2v) is 6.52. The van der Waals surface area contributed by atoms with Gasteiger partial charge in [0.25, 0.3) is 0 Å². The Hall–Kier alpha value is -2.65. The van der Waals surface area contributed by atoms with E-state index in [4.69, 9.17) is 0 Å². The predicted octanol–water partition coefficient (Wildman–Crippen LogP) is 4.75. The van der Waals surface area contributed by atoms with E-state index in [0.717, 1.165) is 5.69 Å². The number of rotatable bonds is 5. The minimum atomic E-state index is -0.0321. The Balaban J connectivity index is 1.64. The smallest absolute Gasteiger partial charge is 0.238 e. The summed E-state index contributed by atoms with van der Waals surface area (Å²) >= 11 is 0. The van der Waals surface area contributed by atoms with Gasteiger partial charge in [-0.25, -0.2) is 0 Å². The first-order valence-corrected chi connectivity index (χ1v) is 8.63. The average molecular weight is 332 g/mol. The van der Waals surface area contributed by atoms with Crippen molar-refractivity contribution in [3.05, 3.63) is 77.4 Å². The molecule has 128 valence electrons. The number of nitrogens with one attached hydrogen (secondary N) is 2. The zero-order chi connectivity index (χ0) is 17.8. The SMILES string of the molecule is Cc1ccc(NC(=O)CN[C@H](C)c2cccc3ccccc23)cc1C. The Morgan fingerprint density at radius 3 is 2.52 bits per heavy atom. The maximum absolute atomic E-state index is 12.2. The highest BCUT2D eigenvalue weighted by Crippen LogP contribution is 2.23. The Labute approximate surface area is 149 Å². The lowest BCUT2D eigenvalue weighted by atomic mass is 10.00. The van der Waals surface area contributed by atoms with Crippen LogP contribution in [0.4, 0.5) is 5.69 Å². The van der Waals surface area contributed by atoms with Crippen LogP contribution in [0.2, 0.25) is 0 Å². The van der Waals surface area contributed by atoms with Crippen molar-refractivity contribution in [2.24, 2.45) is 0 Å². The number of hydrogen-bond donors (Lipinski definition) is 2. The van der Waals surface area contributed by atoms with E-state index in [1.807, 2.05) is 37.3 Å². The third-order valence-electron chi connectivity index (χ3n) is 4.65. The summed E-state index contributed by atoms with van der Waals surface area (Å²) in [5, 5.41) is 8.72. The largest absolute Gasteiger partial charge is 0.325 e. The molecule has 25 heavy (non-hydrogen) atoms. The van der Waals surface area contributed by atoms with E-state index in [0.29, 0.717) is 0 Å². The summed E-state index contributed by atoms with van der Waals surface area (Å²) in [6, 6.07) is 20.7. The highest BCUT2D eigenvalue weighted by molar-refractivity contribution is 5.92. The minimum Gasteiger partial charge on any atom is -0.325 e. The van der Waals surface area contributed by atoms with Gasteiger partial charge in [-0.1, -0.05) is 48.5 Å². The number of hydrogen-bond acceptors (Lipinski definition) is 2. The summed E-state index contributed by atoms with van der Waals surface area (Å²) in [4.78, 5) is 12.2. The molecule has 1 amide bonds.